The van der Waals surface area contributed by atoms with Gasteiger partial charge < -0.3 is 16.4 Å². The summed E-state index contributed by atoms with van der Waals surface area (Å²) in [5.41, 5.74) is 7.03. The zero-order chi connectivity index (χ0) is 20.1. The molecular formula is C20H21N5O2S. The minimum atomic E-state index is -0.508. The maximum atomic E-state index is 12.5. The number of carbonyl (C=O) groups excluding carboxylic acids is 2. The Morgan fingerprint density at radius 3 is 2.50 bits per heavy atom. The van der Waals surface area contributed by atoms with Crippen LogP contribution in [0, 0.1) is 0 Å². The van der Waals surface area contributed by atoms with Gasteiger partial charge in [-0.05, 0) is 50.2 Å². The number of anilines is 2. The van der Waals surface area contributed by atoms with Crippen LogP contribution in [-0.2, 0) is 4.79 Å². The number of primary amides is 1. The van der Waals surface area contributed by atoms with Crippen molar-refractivity contribution in [3.05, 3.63) is 54.1 Å². The molecule has 1 heterocycles. The van der Waals surface area contributed by atoms with Gasteiger partial charge in [0.25, 0.3) is 0 Å². The molecule has 0 radical (unpaired) electrons. The third-order valence-corrected chi connectivity index (χ3v) is 4.98. The van der Waals surface area contributed by atoms with Crippen molar-refractivity contribution in [3.8, 4) is 0 Å². The number of nitrogens with one attached hydrogen (secondary N) is 2. The molecule has 0 bridgehead atoms. The molecule has 7 nitrogen and oxygen atoms in total. The van der Waals surface area contributed by atoms with E-state index in [1.165, 1.54) is 11.8 Å². The number of carbonyl (C=O) groups is 2. The van der Waals surface area contributed by atoms with E-state index in [2.05, 4.69) is 20.6 Å². The van der Waals surface area contributed by atoms with Crippen molar-refractivity contribution in [2.75, 3.05) is 17.2 Å². The zero-order valence-corrected chi connectivity index (χ0v) is 16.4. The van der Waals surface area contributed by atoms with Crippen LogP contribution in [-0.4, -0.2) is 33.6 Å². The highest BCUT2D eigenvalue weighted by Gasteiger charge is 2.18. The molecule has 1 aromatic heterocycles. The highest BCUT2D eigenvalue weighted by molar-refractivity contribution is 8.00. The first-order chi connectivity index (χ1) is 13.5. The first-order valence-corrected chi connectivity index (χ1v) is 9.74. The van der Waals surface area contributed by atoms with Crippen LogP contribution in [0.25, 0.3) is 10.9 Å². The van der Waals surface area contributed by atoms with Gasteiger partial charge in [0.05, 0.1) is 10.8 Å². The summed E-state index contributed by atoms with van der Waals surface area (Å²) in [5.74, 6) is 0.0654. The van der Waals surface area contributed by atoms with E-state index < -0.39 is 11.2 Å². The molecule has 2 amide bonds. The molecule has 3 aromatic rings. The van der Waals surface area contributed by atoms with Gasteiger partial charge in [-0.2, -0.15) is 0 Å². The normalized spacial score (nSPS) is 11.8. The van der Waals surface area contributed by atoms with E-state index in [9.17, 15) is 9.59 Å². The molecule has 4 N–H and O–H groups in total. The number of nitrogens with zero attached hydrogens (tertiary/aromatic N) is 2. The second kappa shape index (κ2) is 8.71. The average Bonchev–Trinajstić information content (AvgIpc) is 2.68. The molecule has 0 saturated carbocycles. The highest BCUT2D eigenvalue weighted by Crippen LogP contribution is 2.27. The largest absolute Gasteiger partial charge is 0.370 e. The fraction of sp³-hybridized carbons (Fsp3) is 0.200. The van der Waals surface area contributed by atoms with Gasteiger partial charge in [0.2, 0.25) is 11.8 Å². The van der Waals surface area contributed by atoms with Crippen molar-refractivity contribution in [2.45, 2.75) is 24.3 Å². The number of amides is 2. The summed E-state index contributed by atoms with van der Waals surface area (Å²) < 4.78 is 0. The summed E-state index contributed by atoms with van der Waals surface area (Å²) in [5, 5.41) is 7.13. The molecule has 144 valence electrons. The molecule has 0 aliphatic rings. The van der Waals surface area contributed by atoms with E-state index in [4.69, 9.17) is 5.73 Å². The second-order valence-corrected chi connectivity index (χ2v) is 7.40. The lowest BCUT2D eigenvalue weighted by Crippen LogP contribution is -2.23. The second-order valence-electron chi connectivity index (χ2n) is 6.09. The third-order valence-electron chi connectivity index (χ3n) is 4.02. The fourth-order valence-electron chi connectivity index (χ4n) is 2.58. The van der Waals surface area contributed by atoms with Crippen LogP contribution in [0.1, 0.15) is 24.2 Å². The number of para-hydroxylation sites is 1. The quantitative estimate of drug-likeness (QED) is 0.418. The molecule has 1 unspecified atom stereocenters. The van der Waals surface area contributed by atoms with Gasteiger partial charge in [0.1, 0.15) is 5.82 Å². The third kappa shape index (κ3) is 4.58. The van der Waals surface area contributed by atoms with Crippen LogP contribution >= 0.6 is 11.8 Å². The van der Waals surface area contributed by atoms with Crippen molar-refractivity contribution >= 4 is 46.0 Å². The SMILES string of the molecule is CCNc1nc(SC(C)C(=O)Nc2ccc(C(N)=O)cc2)nc2ccccc12. The zero-order valence-electron chi connectivity index (χ0n) is 15.6. The molecule has 0 spiro atoms. The number of aromatic nitrogens is 2. The van der Waals surface area contributed by atoms with Crippen molar-refractivity contribution in [3.63, 3.8) is 0 Å². The lowest BCUT2D eigenvalue weighted by molar-refractivity contribution is -0.115. The molecule has 2 aromatic carbocycles. The summed E-state index contributed by atoms with van der Waals surface area (Å²) in [6, 6.07) is 14.2. The standard InChI is InChI=1S/C20H21N5O2S/c1-3-22-18-15-6-4-5-7-16(15)24-20(25-18)28-12(2)19(27)23-14-10-8-13(9-11-14)17(21)26/h4-12H,3H2,1-2H3,(H2,21,26)(H,23,27)(H,22,24,25). The smallest absolute Gasteiger partial charge is 0.248 e. The molecule has 0 aliphatic carbocycles. The fourth-order valence-corrected chi connectivity index (χ4v) is 3.36. The van der Waals surface area contributed by atoms with Crippen LogP contribution < -0.4 is 16.4 Å². The number of benzene rings is 2. The number of fused-ring (bicyclic) bond motifs is 1. The maximum Gasteiger partial charge on any atom is 0.248 e. The van der Waals surface area contributed by atoms with Crippen molar-refractivity contribution in [1.29, 1.82) is 0 Å². The van der Waals surface area contributed by atoms with E-state index in [1.54, 1.807) is 31.2 Å². The Hall–Kier alpha value is -3.13. The van der Waals surface area contributed by atoms with E-state index in [1.807, 2.05) is 31.2 Å². The predicted octanol–water partition coefficient (Wildman–Crippen LogP) is 3.28. The topological polar surface area (TPSA) is 110 Å². The maximum absolute atomic E-state index is 12.5. The van der Waals surface area contributed by atoms with Crippen LogP contribution in [0.4, 0.5) is 11.5 Å². The molecule has 3 rings (SSSR count). The van der Waals surface area contributed by atoms with Gasteiger partial charge in [-0.3, -0.25) is 9.59 Å². The summed E-state index contributed by atoms with van der Waals surface area (Å²) in [6.07, 6.45) is 0. The monoisotopic (exact) mass is 395 g/mol. The Bertz CT molecular complexity index is 1010. The molecule has 28 heavy (non-hydrogen) atoms. The molecule has 8 heteroatoms. The van der Waals surface area contributed by atoms with Crippen LogP contribution in [0.5, 0.6) is 0 Å². The van der Waals surface area contributed by atoms with E-state index in [0.717, 1.165) is 23.3 Å². The molecule has 0 saturated heterocycles. The molecule has 1 atom stereocenters. The number of hydrogen-bond donors (Lipinski definition) is 3. The number of thioether (sulfide) groups is 1. The van der Waals surface area contributed by atoms with Gasteiger partial charge in [0, 0.05) is 23.2 Å². The Labute approximate surface area is 167 Å². The van der Waals surface area contributed by atoms with Crippen LogP contribution in [0.15, 0.2) is 53.7 Å². The molecule has 0 aliphatic heterocycles. The average molecular weight is 395 g/mol. The van der Waals surface area contributed by atoms with Crippen molar-refractivity contribution in [2.24, 2.45) is 5.73 Å². The summed E-state index contributed by atoms with van der Waals surface area (Å²) in [7, 11) is 0. The molecule has 0 fully saturated rings. The summed E-state index contributed by atoms with van der Waals surface area (Å²) >= 11 is 1.29. The Morgan fingerprint density at radius 1 is 1.11 bits per heavy atom. The van der Waals surface area contributed by atoms with Gasteiger partial charge in [-0.1, -0.05) is 23.9 Å². The lowest BCUT2D eigenvalue weighted by atomic mass is 10.2. The minimum Gasteiger partial charge on any atom is -0.370 e. The number of hydrogen-bond acceptors (Lipinski definition) is 6. The number of nitrogens with two attached hydrogens (primary N) is 1. The van der Waals surface area contributed by atoms with Gasteiger partial charge in [-0.15, -0.1) is 0 Å². The van der Waals surface area contributed by atoms with Gasteiger partial charge >= 0.3 is 0 Å². The highest BCUT2D eigenvalue weighted by atomic mass is 32.2. The van der Waals surface area contributed by atoms with E-state index in [-0.39, 0.29) is 5.91 Å². The van der Waals surface area contributed by atoms with Gasteiger partial charge in [-0.25, -0.2) is 9.97 Å². The van der Waals surface area contributed by atoms with Crippen molar-refractivity contribution < 1.29 is 9.59 Å². The first kappa shape index (κ1) is 19.6. The summed E-state index contributed by atoms with van der Waals surface area (Å²) in [6.45, 7) is 4.54. The van der Waals surface area contributed by atoms with Crippen LogP contribution in [0.3, 0.4) is 0 Å². The van der Waals surface area contributed by atoms with Crippen LogP contribution in [0.2, 0.25) is 0 Å². The predicted molar refractivity (Wildman–Crippen MR) is 113 cm³/mol. The molecular weight excluding hydrogens is 374 g/mol. The minimum absolute atomic E-state index is 0.182. The summed E-state index contributed by atoms with van der Waals surface area (Å²) in [4.78, 5) is 32.8. The van der Waals surface area contributed by atoms with Crippen molar-refractivity contribution in [1.82, 2.24) is 9.97 Å². The van der Waals surface area contributed by atoms with E-state index in [0.29, 0.717) is 16.4 Å². The van der Waals surface area contributed by atoms with Gasteiger partial charge in [0.15, 0.2) is 5.16 Å². The number of rotatable bonds is 7. The lowest BCUT2D eigenvalue weighted by Gasteiger charge is -2.13. The van der Waals surface area contributed by atoms with E-state index >= 15 is 0 Å². The Balaban J connectivity index is 1.73. The Kier molecular flexibility index (Phi) is 6.10. The first-order valence-electron chi connectivity index (χ1n) is 8.86. The Morgan fingerprint density at radius 2 is 1.82 bits per heavy atom.